The summed E-state index contributed by atoms with van der Waals surface area (Å²) >= 11 is 0. The highest BCUT2D eigenvalue weighted by atomic mass is 15.2. The van der Waals surface area contributed by atoms with Crippen LogP contribution in [0, 0.1) is 6.92 Å². The maximum Gasteiger partial charge on any atom is 0.152 e. The molecule has 0 radical (unpaired) electrons. The maximum atomic E-state index is 6.05. The van der Waals surface area contributed by atoms with Gasteiger partial charge in [0.15, 0.2) is 5.82 Å². The average Bonchev–Trinajstić information content (AvgIpc) is 2.32. The summed E-state index contributed by atoms with van der Waals surface area (Å²) < 4.78 is 0. The van der Waals surface area contributed by atoms with Crippen molar-refractivity contribution in [2.45, 2.75) is 38.1 Å². The molecule has 0 aromatic carbocycles. The quantitative estimate of drug-likeness (QED) is 0.673. The molecule has 0 spiro atoms. The van der Waals surface area contributed by atoms with Crippen LogP contribution in [0.5, 0.6) is 0 Å². The van der Waals surface area contributed by atoms with Crippen LogP contribution in [0.25, 0.3) is 0 Å². The zero-order valence-electron chi connectivity index (χ0n) is 7.30. The van der Waals surface area contributed by atoms with Gasteiger partial charge in [-0.3, -0.25) is 5.10 Å². The molecule has 0 amide bonds. The number of nitrogens with two attached hydrogens (primary N) is 1. The van der Waals surface area contributed by atoms with E-state index in [9.17, 15) is 0 Å². The standard InChI is InChI=1S/C8H14N4/c1-6-10-7(12-11-6)5-8(9)3-2-4-8/h2-5,9H2,1H3,(H,10,11,12). The van der Waals surface area contributed by atoms with Crippen molar-refractivity contribution < 1.29 is 0 Å². The number of nitrogens with one attached hydrogen (secondary N) is 1. The van der Waals surface area contributed by atoms with Crippen molar-refractivity contribution in [2.24, 2.45) is 5.73 Å². The molecule has 1 aliphatic carbocycles. The van der Waals surface area contributed by atoms with Gasteiger partial charge in [-0.15, -0.1) is 0 Å². The number of hydrogen-bond donors (Lipinski definition) is 2. The average molecular weight is 166 g/mol. The summed E-state index contributed by atoms with van der Waals surface area (Å²) in [6.45, 7) is 1.90. The Hall–Kier alpha value is -0.900. The second kappa shape index (κ2) is 2.55. The Bertz CT molecular complexity index is 274. The van der Waals surface area contributed by atoms with Crippen molar-refractivity contribution in [3.63, 3.8) is 0 Å². The van der Waals surface area contributed by atoms with Gasteiger partial charge in [-0.25, -0.2) is 4.98 Å². The second-order valence-electron chi connectivity index (χ2n) is 3.73. The van der Waals surface area contributed by atoms with E-state index in [1.54, 1.807) is 0 Å². The van der Waals surface area contributed by atoms with Gasteiger partial charge in [0.1, 0.15) is 5.82 Å². The Labute approximate surface area is 71.6 Å². The molecule has 0 aliphatic heterocycles. The van der Waals surface area contributed by atoms with E-state index < -0.39 is 0 Å². The summed E-state index contributed by atoms with van der Waals surface area (Å²) in [5.74, 6) is 1.72. The van der Waals surface area contributed by atoms with Crippen LogP contribution in [0.4, 0.5) is 0 Å². The number of aromatic nitrogens is 3. The second-order valence-corrected chi connectivity index (χ2v) is 3.73. The minimum absolute atomic E-state index is 0.00532. The molecular weight excluding hydrogens is 152 g/mol. The van der Waals surface area contributed by atoms with Crippen LogP contribution in [-0.4, -0.2) is 20.7 Å². The van der Waals surface area contributed by atoms with Crippen molar-refractivity contribution in [1.82, 2.24) is 15.2 Å². The van der Waals surface area contributed by atoms with E-state index in [2.05, 4.69) is 15.2 Å². The largest absolute Gasteiger partial charge is 0.325 e. The first-order chi connectivity index (χ1) is 5.68. The number of nitrogens with zero attached hydrogens (tertiary/aromatic N) is 2. The summed E-state index contributed by atoms with van der Waals surface area (Å²) in [4.78, 5) is 4.23. The van der Waals surface area contributed by atoms with E-state index in [1.807, 2.05) is 6.92 Å². The summed E-state index contributed by atoms with van der Waals surface area (Å²) in [7, 11) is 0. The van der Waals surface area contributed by atoms with Gasteiger partial charge < -0.3 is 5.73 Å². The molecule has 0 bridgehead atoms. The predicted octanol–water partition coefficient (Wildman–Crippen LogP) is 0.537. The number of aryl methyl sites for hydroxylation is 1. The lowest BCUT2D eigenvalue weighted by molar-refractivity contribution is 0.243. The molecular formula is C8H14N4. The zero-order chi connectivity index (χ0) is 8.60. The van der Waals surface area contributed by atoms with Crippen LogP contribution < -0.4 is 5.73 Å². The monoisotopic (exact) mass is 166 g/mol. The van der Waals surface area contributed by atoms with E-state index >= 15 is 0 Å². The number of H-pyrrole nitrogens is 1. The number of hydrogen-bond acceptors (Lipinski definition) is 3. The van der Waals surface area contributed by atoms with Gasteiger partial charge in [0, 0.05) is 12.0 Å². The molecule has 1 heterocycles. The van der Waals surface area contributed by atoms with Crippen LogP contribution in [0.3, 0.4) is 0 Å². The molecule has 66 valence electrons. The topological polar surface area (TPSA) is 67.6 Å². The molecule has 1 aliphatic rings. The van der Waals surface area contributed by atoms with Gasteiger partial charge in [-0.05, 0) is 26.2 Å². The molecule has 4 heteroatoms. The van der Waals surface area contributed by atoms with Crippen molar-refractivity contribution in [1.29, 1.82) is 0 Å². The first kappa shape index (κ1) is 7.73. The molecule has 2 rings (SSSR count). The third kappa shape index (κ3) is 1.34. The van der Waals surface area contributed by atoms with Crippen LogP contribution in [-0.2, 0) is 6.42 Å². The van der Waals surface area contributed by atoms with Gasteiger partial charge >= 0.3 is 0 Å². The van der Waals surface area contributed by atoms with E-state index in [1.165, 1.54) is 6.42 Å². The van der Waals surface area contributed by atoms with Crippen LogP contribution in [0.15, 0.2) is 0 Å². The summed E-state index contributed by atoms with van der Waals surface area (Å²) in [5, 5.41) is 6.89. The first-order valence-corrected chi connectivity index (χ1v) is 4.35. The molecule has 1 saturated carbocycles. The summed E-state index contributed by atoms with van der Waals surface area (Å²) in [6.07, 6.45) is 4.29. The molecule has 0 saturated heterocycles. The third-order valence-electron chi connectivity index (χ3n) is 2.50. The smallest absolute Gasteiger partial charge is 0.152 e. The Balaban J connectivity index is 2.03. The predicted molar refractivity (Wildman–Crippen MR) is 45.6 cm³/mol. The highest BCUT2D eigenvalue weighted by molar-refractivity contribution is 5.02. The SMILES string of the molecule is Cc1nc(CC2(N)CCC2)n[nH]1. The lowest BCUT2D eigenvalue weighted by atomic mass is 9.75. The Morgan fingerprint density at radius 2 is 2.33 bits per heavy atom. The van der Waals surface area contributed by atoms with E-state index in [0.717, 1.165) is 30.9 Å². The highest BCUT2D eigenvalue weighted by Gasteiger charge is 2.33. The third-order valence-corrected chi connectivity index (χ3v) is 2.50. The minimum Gasteiger partial charge on any atom is -0.325 e. The fraction of sp³-hybridized carbons (Fsp3) is 0.750. The number of aromatic amines is 1. The molecule has 0 unspecified atom stereocenters. The zero-order valence-corrected chi connectivity index (χ0v) is 7.30. The first-order valence-electron chi connectivity index (χ1n) is 4.35. The normalized spacial score (nSPS) is 20.5. The van der Waals surface area contributed by atoms with Crippen LogP contribution >= 0.6 is 0 Å². The van der Waals surface area contributed by atoms with Crippen molar-refractivity contribution in [2.75, 3.05) is 0 Å². The molecule has 3 N–H and O–H groups in total. The van der Waals surface area contributed by atoms with Crippen LogP contribution in [0.2, 0.25) is 0 Å². The lowest BCUT2D eigenvalue weighted by Gasteiger charge is -2.37. The summed E-state index contributed by atoms with van der Waals surface area (Å²) in [5.41, 5.74) is 6.04. The van der Waals surface area contributed by atoms with E-state index in [4.69, 9.17) is 5.73 Å². The Morgan fingerprint density at radius 3 is 2.75 bits per heavy atom. The fourth-order valence-electron chi connectivity index (χ4n) is 1.59. The Kier molecular flexibility index (Phi) is 1.65. The fourth-order valence-corrected chi connectivity index (χ4v) is 1.59. The van der Waals surface area contributed by atoms with E-state index in [-0.39, 0.29) is 5.54 Å². The van der Waals surface area contributed by atoms with E-state index in [0.29, 0.717) is 0 Å². The minimum atomic E-state index is -0.00532. The molecule has 1 aromatic rings. The van der Waals surface area contributed by atoms with Gasteiger partial charge in [0.25, 0.3) is 0 Å². The van der Waals surface area contributed by atoms with Gasteiger partial charge in [0.2, 0.25) is 0 Å². The molecule has 12 heavy (non-hydrogen) atoms. The van der Waals surface area contributed by atoms with Crippen LogP contribution in [0.1, 0.15) is 30.9 Å². The molecule has 1 fully saturated rings. The van der Waals surface area contributed by atoms with Crippen molar-refractivity contribution in [3.05, 3.63) is 11.6 Å². The molecule has 0 atom stereocenters. The lowest BCUT2D eigenvalue weighted by Crippen LogP contribution is -2.48. The molecule has 1 aromatic heterocycles. The highest BCUT2D eigenvalue weighted by Crippen LogP contribution is 2.31. The Morgan fingerprint density at radius 1 is 1.58 bits per heavy atom. The van der Waals surface area contributed by atoms with Crippen molar-refractivity contribution >= 4 is 0 Å². The molecule has 4 nitrogen and oxygen atoms in total. The van der Waals surface area contributed by atoms with Gasteiger partial charge in [0.05, 0.1) is 0 Å². The maximum absolute atomic E-state index is 6.05. The number of rotatable bonds is 2. The van der Waals surface area contributed by atoms with Gasteiger partial charge in [-0.2, -0.15) is 5.10 Å². The van der Waals surface area contributed by atoms with Crippen molar-refractivity contribution in [3.8, 4) is 0 Å². The van der Waals surface area contributed by atoms with Gasteiger partial charge in [-0.1, -0.05) is 0 Å². The summed E-state index contributed by atoms with van der Waals surface area (Å²) in [6, 6.07) is 0.